The summed E-state index contributed by atoms with van der Waals surface area (Å²) in [5.41, 5.74) is 0. The Kier molecular flexibility index (Phi) is 5.69. The molecule has 1 aromatic heterocycles. The topological polar surface area (TPSA) is 30.5 Å². The molecule has 2 aromatic rings. The Balaban J connectivity index is 1.63. The molecule has 0 spiro atoms. The highest BCUT2D eigenvalue weighted by molar-refractivity contribution is 9.11. The zero-order chi connectivity index (χ0) is 13.5. The zero-order valence-electron chi connectivity index (χ0n) is 10.7. The normalized spacial score (nSPS) is 10.4. The predicted molar refractivity (Wildman–Crippen MR) is 82.2 cm³/mol. The smallest absolute Gasteiger partial charge is 0.119 e. The number of halogens is 1. The fourth-order valence-corrected chi connectivity index (χ4v) is 3.02. The summed E-state index contributed by atoms with van der Waals surface area (Å²) in [4.78, 5) is 1.32. The van der Waals surface area contributed by atoms with E-state index >= 15 is 0 Å². The zero-order valence-corrected chi connectivity index (χ0v) is 13.1. The van der Waals surface area contributed by atoms with Crippen molar-refractivity contribution in [3.05, 3.63) is 45.1 Å². The first-order valence-corrected chi connectivity index (χ1v) is 7.60. The van der Waals surface area contributed by atoms with Crippen LogP contribution < -0.4 is 14.8 Å². The molecular formula is C14H16BrNO2S. The van der Waals surface area contributed by atoms with Crippen molar-refractivity contribution in [1.29, 1.82) is 0 Å². The summed E-state index contributed by atoms with van der Waals surface area (Å²) >= 11 is 5.20. The molecule has 0 amide bonds. The van der Waals surface area contributed by atoms with Gasteiger partial charge < -0.3 is 14.8 Å². The van der Waals surface area contributed by atoms with Crippen molar-refractivity contribution in [3.8, 4) is 11.5 Å². The molecule has 0 radical (unpaired) electrons. The van der Waals surface area contributed by atoms with Gasteiger partial charge in [-0.2, -0.15) is 0 Å². The maximum absolute atomic E-state index is 5.62. The van der Waals surface area contributed by atoms with Crippen LogP contribution in [0.2, 0.25) is 0 Å². The first kappa shape index (κ1) is 14.4. The van der Waals surface area contributed by atoms with Crippen LogP contribution >= 0.6 is 27.3 Å². The van der Waals surface area contributed by atoms with Gasteiger partial charge in [-0.1, -0.05) is 0 Å². The molecule has 19 heavy (non-hydrogen) atoms. The van der Waals surface area contributed by atoms with Crippen molar-refractivity contribution in [1.82, 2.24) is 5.32 Å². The number of hydrogen-bond donors (Lipinski definition) is 1. The van der Waals surface area contributed by atoms with E-state index in [0.29, 0.717) is 6.61 Å². The SMILES string of the molecule is COc1ccc(OCCNCc2ccc(Br)s2)cc1. The molecule has 102 valence electrons. The molecule has 0 saturated heterocycles. The number of methoxy groups -OCH3 is 1. The van der Waals surface area contributed by atoms with E-state index in [9.17, 15) is 0 Å². The van der Waals surface area contributed by atoms with Crippen LogP contribution in [0.1, 0.15) is 4.88 Å². The van der Waals surface area contributed by atoms with E-state index in [-0.39, 0.29) is 0 Å². The van der Waals surface area contributed by atoms with Crippen molar-refractivity contribution >= 4 is 27.3 Å². The molecule has 1 heterocycles. The van der Waals surface area contributed by atoms with Crippen molar-refractivity contribution in [2.75, 3.05) is 20.3 Å². The lowest BCUT2D eigenvalue weighted by atomic mass is 10.3. The Bertz CT molecular complexity index is 498. The maximum Gasteiger partial charge on any atom is 0.119 e. The van der Waals surface area contributed by atoms with Gasteiger partial charge >= 0.3 is 0 Å². The molecule has 0 aliphatic carbocycles. The molecule has 0 fully saturated rings. The second-order valence-electron chi connectivity index (χ2n) is 3.91. The molecule has 0 aliphatic rings. The number of hydrogen-bond acceptors (Lipinski definition) is 4. The van der Waals surface area contributed by atoms with E-state index in [1.54, 1.807) is 18.4 Å². The van der Waals surface area contributed by atoms with Crippen LogP contribution in [0, 0.1) is 0 Å². The second kappa shape index (κ2) is 7.53. The highest BCUT2D eigenvalue weighted by Gasteiger charge is 1.98. The van der Waals surface area contributed by atoms with E-state index in [2.05, 4.69) is 33.4 Å². The van der Waals surface area contributed by atoms with Crippen LogP contribution in [-0.4, -0.2) is 20.3 Å². The number of ether oxygens (including phenoxy) is 2. The van der Waals surface area contributed by atoms with E-state index in [1.165, 1.54) is 8.66 Å². The average molecular weight is 342 g/mol. The Morgan fingerprint density at radius 3 is 2.47 bits per heavy atom. The monoisotopic (exact) mass is 341 g/mol. The van der Waals surface area contributed by atoms with Gasteiger partial charge in [0.2, 0.25) is 0 Å². The summed E-state index contributed by atoms with van der Waals surface area (Å²) in [6.45, 7) is 2.35. The Labute approximate surface area is 125 Å². The highest BCUT2D eigenvalue weighted by Crippen LogP contribution is 2.21. The van der Waals surface area contributed by atoms with E-state index in [4.69, 9.17) is 9.47 Å². The lowest BCUT2D eigenvalue weighted by molar-refractivity contribution is 0.313. The van der Waals surface area contributed by atoms with Gasteiger partial charge in [0.25, 0.3) is 0 Å². The number of thiophene rings is 1. The van der Waals surface area contributed by atoms with Crippen LogP contribution in [0.4, 0.5) is 0 Å². The van der Waals surface area contributed by atoms with Gasteiger partial charge in [0.1, 0.15) is 18.1 Å². The summed E-state index contributed by atoms with van der Waals surface area (Å²) in [7, 11) is 1.66. The number of benzene rings is 1. The third-order valence-electron chi connectivity index (χ3n) is 2.54. The van der Waals surface area contributed by atoms with Gasteiger partial charge in [-0.05, 0) is 52.3 Å². The highest BCUT2D eigenvalue weighted by atomic mass is 79.9. The summed E-state index contributed by atoms with van der Waals surface area (Å²) < 4.78 is 11.9. The van der Waals surface area contributed by atoms with Crippen LogP contribution in [0.25, 0.3) is 0 Å². The van der Waals surface area contributed by atoms with Gasteiger partial charge in [-0.3, -0.25) is 0 Å². The lowest BCUT2D eigenvalue weighted by Gasteiger charge is -2.07. The molecule has 5 heteroatoms. The molecule has 2 rings (SSSR count). The molecular weight excluding hydrogens is 326 g/mol. The molecule has 0 saturated carbocycles. The fourth-order valence-electron chi connectivity index (χ4n) is 1.57. The third-order valence-corrected chi connectivity index (χ3v) is 4.16. The Hall–Kier alpha value is -1.04. The van der Waals surface area contributed by atoms with Crippen LogP contribution in [-0.2, 0) is 6.54 Å². The van der Waals surface area contributed by atoms with Crippen molar-refractivity contribution < 1.29 is 9.47 Å². The largest absolute Gasteiger partial charge is 0.497 e. The van der Waals surface area contributed by atoms with Gasteiger partial charge in [0.05, 0.1) is 10.9 Å². The third kappa shape index (κ3) is 4.86. The minimum Gasteiger partial charge on any atom is -0.497 e. The Morgan fingerprint density at radius 1 is 1.11 bits per heavy atom. The van der Waals surface area contributed by atoms with Gasteiger partial charge in [-0.15, -0.1) is 11.3 Å². The summed E-state index contributed by atoms with van der Waals surface area (Å²) in [5.74, 6) is 1.70. The van der Waals surface area contributed by atoms with E-state index in [1.807, 2.05) is 24.3 Å². The van der Waals surface area contributed by atoms with Crippen molar-refractivity contribution in [2.45, 2.75) is 6.54 Å². The molecule has 0 atom stereocenters. The van der Waals surface area contributed by atoms with Crippen LogP contribution in [0.3, 0.4) is 0 Å². The van der Waals surface area contributed by atoms with E-state index in [0.717, 1.165) is 24.6 Å². The molecule has 3 nitrogen and oxygen atoms in total. The van der Waals surface area contributed by atoms with Crippen molar-refractivity contribution in [2.24, 2.45) is 0 Å². The molecule has 1 aromatic carbocycles. The number of rotatable bonds is 7. The van der Waals surface area contributed by atoms with Gasteiger partial charge in [0.15, 0.2) is 0 Å². The molecule has 0 bridgehead atoms. The quantitative estimate of drug-likeness (QED) is 0.779. The standard InChI is InChI=1S/C14H16BrNO2S/c1-17-11-2-4-12(5-3-11)18-9-8-16-10-13-6-7-14(15)19-13/h2-7,16H,8-10H2,1H3. The van der Waals surface area contributed by atoms with Crippen molar-refractivity contribution in [3.63, 3.8) is 0 Å². The summed E-state index contributed by atoms with van der Waals surface area (Å²) in [6.07, 6.45) is 0. The fraction of sp³-hybridized carbons (Fsp3) is 0.286. The van der Waals surface area contributed by atoms with Crippen LogP contribution in [0.5, 0.6) is 11.5 Å². The van der Waals surface area contributed by atoms with Gasteiger partial charge in [0, 0.05) is 18.0 Å². The second-order valence-corrected chi connectivity index (χ2v) is 6.45. The minimum atomic E-state index is 0.652. The average Bonchev–Trinajstić information content (AvgIpc) is 2.85. The molecule has 0 unspecified atom stereocenters. The van der Waals surface area contributed by atoms with E-state index < -0.39 is 0 Å². The van der Waals surface area contributed by atoms with Gasteiger partial charge in [-0.25, -0.2) is 0 Å². The number of nitrogens with one attached hydrogen (secondary N) is 1. The lowest BCUT2D eigenvalue weighted by Crippen LogP contribution is -2.20. The predicted octanol–water partition coefficient (Wildman–Crippen LogP) is 3.69. The maximum atomic E-state index is 5.62. The molecule has 0 aliphatic heterocycles. The molecule has 1 N–H and O–H groups in total. The first-order chi connectivity index (χ1) is 9.28. The summed E-state index contributed by atoms with van der Waals surface area (Å²) in [5, 5.41) is 3.35. The first-order valence-electron chi connectivity index (χ1n) is 6.00. The summed E-state index contributed by atoms with van der Waals surface area (Å²) in [6, 6.07) is 11.8. The Morgan fingerprint density at radius 2 is 1.84 bits per heavy atom. The van der Waals surface area contributed by atoms with Crippen LogP contribution in [0.15, 0.2) is 40.2 Å². The minimum absolute atomic E-state index is 0.652.